The molecule has 0 N–H and O–H groups in total. The van der Waals surface area contributed by atoms with Crippen LogP contribution in [0.2, 0.25) is 0 Å². The molecule has 2 aromatic rings. The second kappa shape index (κ2) is 11.5. The molecule has 6 nitrogen and oxygen atoms in total. The summed E-state index contributed by atoms with van der Waals surface area (Å²) in [5, 5.41) is 0. The summed E-state index contributed by atoms with van der Waals surface area (Å²) in [6, 6.07) is 16.0. The summed E-state index contributed by atoms with van der Waals surface area (Å²) in [7, 11) is 3.46. The van der Waals surface area contributed by atoms with Crippen molar-refractivity contribution < 1.29 is 19.0 Å². The number of ether oxygens (including phenoxy) is 3. The molecule has 0 spiro atoms. The van der Waals surface area contributed by atoms with Gasteiger partial charge in [0.2, 0.25) is 0 Å². The van der Waals surface area contributed by atoms with Crippen molar-refractivity contribution in [2.75, 3.05) is 40.5 Å². The Morgan fingerprint density at radius 2 is 1.82 bits per heavy atom. The molecule has 2 heterocycles. The fraction of sp³-hybridized carbons (Fsp3) is 0.519. The third-order valence-corrected chi connectivity index (χ3v) is 6.83. The largest absolute Gasteiger partial charge is 0.497 e. The van der Waals surface area contributed by atoms with E-state index in [0.29, 0.717) is 12.2 Å². The molecular weight excluding hydrogens is 416 g/mol. The summed E-state index contributed by atoms with van der Waals surface area (Å²) in [4.78, 5) is 17.9. The van der Waals surface area contributed by atoms with E-state index >= 15 is 0 Å². The lowest BCUT2D eigenvalue weighted by Gasteiger charge is -2.41. The summed E-state index contributed by atoms with van der Waals surface area (Å²) in [5.41, 5.74) is 1.96. The van der Waals surface area contributed by atoms with Crippen molar-refractivity contribution in [2.24, 2.45) is 0 Å². The highest BCUT2D eigenvalue weighted by molar-refractivity contribution is 5.95. The van der Waals surface area contributed by atoms with Gasteiger partial charge in [-0.25, -0.2) is 0 Å². The average Bonchev–Trinajstić information content (AvgIpc) is 2.86. The highest BCUT2D eigenvalue weighted by Gasteiger charge is 2.34. The Labute approximate surface area is 197 Å². The molecule has 2 atom stereocenters. The molecule has 0 unspecified atom stereocenters. The molecule has 0 radical (unpaired) electrons. The molecule has 1 fully saturated rings. The van der Waals surface area contributed by atoms with Crippen LogP contribution in [0.4, 0.5) is 0 Å². The van der Waals surface area contributed by atoms with E-state index in [4.69, 9.17) is 14.2 Å². The normalized spacial score (nSPS) is 22.7. The van der Waals surface area contributed by atoms with Crippen molar-refractivity contribution in [3.63, 3.8) is 0 Å². The standard InChI is InChI=1S/C27H36N2O4/c1-31-23-13-11-21(12-14-23)20-28-15-4-3-9-25-26(32-2)10-6-16-29(25)27(30)22-7-5-8-24(19-22)33-18-17-28/h5,7-8,11-14,19,25-26H,3-4,6,9-10,15-18,20H2,1-2H3/t25-,26-/m0/s1. The maximum absolute atomic E-state index is 13.4. The molecule has 1 saturated heterocycles. The average molecular weight is 453 g/mol. The van der Waals surface area contributed by atoms with E-state index in [1.165, 1.54) is 5.56 Å². The Balaban J connectivity index is 1.51. The van der Waals surface area contributed by atoms with Crippen molar-refractivity contribution in [3.8, 4) is 11.5 Å². The minimum atomic E-state index is 0.0883. The van der Waals surface area contributed by atoms with Gasteiger partial charge < -0.3 is 19.1 Å². The van der Waals surface area contributed by atoms with Crippen LogP contribution in [0.15, 0.2) is 48.5 Å². The number of rotatable bonds is 4. The lowest BCUT2D eigenvalue weighted by atomic mass is 9.93. The van der Waals surface area contributed by atoms with Gasteiger partial charge in [0.25, 0.3) is 5.91 Å². The van der Waals surface area contributed by atoms with Crippen molar-refractivity contribution in [3.05, 3.63) is 59.7 Å². The van der Waals surface area contributed by atoms with Crippen LogP contribution in [0.3, 0.4) is 0 Å². The number of amides is 1. The molecule has 2 bridgehead atoms. The lowest BCUT2D eigenvalue weighted by Crippen LogP contribution is -2.51. The fourth-order valence-corrected chi connectivity index (χ4v) is 5.02. The molecule has 0 aliphatic carbocycles. The maximum Gasteiger partial charge on any atom is 0.254 e. The highest BCUT2D eigenvalue weighted by Crippen LogP contribution is 2.27. The van der Waals surface area contributed by atoms with Crippen LogP contribution in [0, 0.1) is 0 Å². The van der Waals surface area contributed by atoms with E-state index in [9.17, 15) is 4.79 Å². The van der Waals surface area contributed by atoms with Gasteiger partial charge in [0.05, 0.1) is 19.3 Å². The zero-order chi connectivity index (χ0) is 23.0. The zero-order valence-electron chi connectivity index (χ0n) is 19.9. The first kappa shape index (κ1) is 23.6. The highest BCUT2D eigenvalue weighted by atomic mass is 16.5. The molecule has 4 rings (SSSR count). The molecule has 6 heteroatoms. The number of hydrogen-bond acceptors (Lipinski definition) is 5. The van der Waals surface area contributed by atoms with Crippen LogP contribution in [0.5, 0.6) is 11.5 Å². The van der Waals surface area contributed by atoms with E-state index in [2.05, 4.69) is 17.0 Å². The summed E-state index contributed by atoms with van der Waals surface area (Å²) >= 11 is 0. The number of fused-ring (bicyclic) bond motifs is 3. The van der Waals surface area contributed by atoms with Crippen LogP contribution in [-0.2, 0) is 11.3 Å². The third-order valence-electron chi connectivity index (χ3n) is 6.83. The predicted octanol–water partition coefficient (Wildman–Crippen LogP) is 4.38. The van der Waals surface area contributed by atoms with Gasteiger partial charge in [0, 0.05) is 32.3 Å². The topological polar surface area (TPSA) is 51.2 Å². The number of piperidine rings is 1. The predicted molar refractivity (Wildman–Crippen MR) is 129 cm³/mol. The quantitative estimate of drug-likeness (QED) is 0.689. The summed E-state index contributed by atoms with van der Waals surface area (Å²) in [5.74, 6) is 1.71. The molecule has 178 valence electrons. The van der Waals surface area contributed by atoms with Crippen molar-refractivity contribution in [1.82, 2.24) is 9.80 Å². The first-order valence-electron chi connectivity index (χ1n) is 12.1. The van der Waals surface area contributed by atoms with Crippen LogP contribution < -0.4 is 9.47 Å². The van der Waals surface area contributed by atoms with Gasteiger partial charge in [0.1, 0.15) is 18.1 Å². The van der Waals surface area contributed by atoms with Gasteiger partial charge in [-0.1, -0.05) is 24.6 Å². The summed E-state index contributed by atoms with van der Waals surface area (Å²) < 4.78 is 17.2. The van der Waals surface area contributed by atoms with Gasteiger partial charge in [-0.3, -0.25) is 9.69 Å². The van der Waals surface area contributed by atoms with E-state index in [1.54, 1.807) is 14.2 Å². The second-order valence-electron chi connectivity index (χ2n) is 8.98. The fourth-order valence-electron chi connectivity index (χ4n) is 5.02. The minimum absolute atomic E-state index is 0.0883. The van der Waals surface area contributed by atoms with Crippen molar-refractivity contribution >= 4 is 5.91 Å². The molecule has 0 aromatic heterocycles. The van der Waals surface area contributed by atoms with E-state index in [1.807, 2.05) is 41.3 Å². The smallest absolute Gasteiger partial charge is 0.254 e. The van der Waals surface area contributed by atoms with Crippen LogP contribution in [0.1, 0.15) is 48.0 Å². The van der Waals surface area contributed by atoms with Crippen LogP contribution in [0.25, 0.3) is 0 Å². The molecule has 1 amide bonds. The Hall–Kier alpha value is -2.57. The number of carbonyl (C=O) groups excluding carboxylic acids is 1. The molecule has 0 saturated carbocycles. The van der Waals surface area contributed by atoms with Crippen LogP contribution >= 0.6 is 0 Å². The lowest BCUT2D eigenvalue weighted by molar-refractivity contribution is -0.0156. The first-order valence-corrected chi connectivity index (χ1v) is 12.1. The Kier molecular flexibility index (Phi) is 8.24. The van der Waals surface area contributed by atoms with Crippen molar-refractivity contribution in [1.29, 1.82) is 0 Å². The number of hydrogen-bond donors (Lipinski definition) is 0. The van der Waals surface area contributed by atoms with Gasteiger partial charge in [-0.2, -0.15) is 0 Å². The first-order chi connectivity index (χ1) is 16.2. The SMILES string of the molecule is COc1ccc(CN2CCCC[C@H]3[C@@H](OC)CCCN3C(=O)c3cccc(c3)OCC2)cc1. The van der Waals surface area contributed by atoms with Gasteiger partial charge in [0.15, 0.2) is 0 Å². The Morgan fingerprint density at radius 3 is 2.61 bits per heavy atom. The number of benzene rings is 2. The molecule has 2 aromatic carbocycles. The van der Waals surface area contributed by atoms with Gasteiger partial charge >= 0.3 is 0 Å². The third kappa shape index (κ3) is 6.06. The number of methoxy groups -OCH3 is 2. The molecule has 2 aliphatic rings. The monoisotopic (exact) mass is 452 g/mol. The molecule has 33 heavy (non-hydrogen) atoms. The van der Waals surface area contributed by atoms with Gasteiger partial charge in [-0.05, 0) is 68.1 Å². The molecule has 2 aliphatic heterocycles. The number of carbonyl (C=O) groups is 1. The van der Waals surface area contributed by atoms with Crippen molar-refractivity contribution in [2.45, 2.75) is 50.8 Å². The molecular formula is C27H36N2O4. The second-order valence-corrected chi connectivity index (χ2v) is 8.98. The zero-order valence-corrected chi connectivity index (χ0v) is 19.9. The van der Waals surface area contributed by atoms with E-state index in [0.717, 1.165) is 69.8 Å². The van der Waals surface area contributed by atoms with Crippen LogP contribution in [-0.4, -0.2) is 68.3 Å². The van der Waals surface area contributed by atoms with E-state index < -0.39 is 0 Å². The summed E-state index contributed by atoms with van der Waals surface area (Å²) in [6.07, 6.45) is 5.21. The Bertz CT molecular complexity index is 901. The summed E-state index contributed by atoms with van der Waals surface area (Å²) in [6.45, 7) is 4.08. The maximum atomic E-state index is 13.4. The number of nitrogens with zero attached hydrogens (tertiary/aromatic N) is 2. The minimum Gasteiger partial charge on any atom is -0.497 e. The Morgan fingerprint density at radius 1 is 0.970 bits per heavy atom. The van der Waals surface area contributed by atoms with E-state index in [-0.39, 0.29) is 18.1 Å². The van der Waals surface area contributed by atoms with Gasteiger partial charge in [-0.15, -0.1) is 0 Å².